The van der Waals surface area contributed by atoms with Gasteiger partial charge in [-0.1, -0.05) is 6.07 Å². The topological polar surface area (TPSA) is 55.6 Å². The zero-order valence-corrected chi connectivity index (χ0v) is 13.6. The molecule has 2 heterocycles. The molecule has 0 aromatic carbocycles. The lowest BCUT2D eigenvalue weighted by Crippen LogP contribution is -2.26. The van der Waals surface area contributed by atoms with E-state index in [1.807, 2.05) is 45.2 Å². The number of fused-ring (bicyclic) bond motifs is 1. The maximum atomic E-state index is 11.9. The Labute approximate surface area is 131 Å². The molecule has 0 saturated heterocycles. The third-order valence-corrected chi connectivity index (χ3v) is 3.51. The molecule has 2 rings (SSSR count). The van der Waals surface area contributed by atoms with E-state index in [1.54, 1.807) is 0 Å². The molecule has 1 N–H and O–H groups in total. The molecule has 5 heteroatoms. The number of nitrogens with zero attached hydrogens (tertiary/aromatic N) is 2. The third kappa shape index (κ3) is 4.56. The van der Waals surface area contributed by atoms with Gasteiger partial charge in [-0.2, -0.15) is 0 Å². The zero-order chi connectivity index (χ0) is 15.9. The van der Waals surface area contributed by atoms with E-state index in [4.69, 9.17) is 4.74 Å². The lowest BCUT2D eigenvalue weighted by atomic mass is 10.2. The average molecular weight is 303 g/mol. The van der Waals surface area contributed by atoms with Gasteiger partial charge < -0.3 is 14.5 Å². The van der Waals surface area contributed by atoms with Crippen molar-refractivity contribution in [1.82, 2.24) is 14.7 Å². The second-order valence-corrected chi connectivity index (χ2v) is 5.70. The van der Waals surface area contributed by atoms with Gasteiger partial charge in [-0.15, -0.1) is 0 Å². The number of hydrogen-bond donors (Lipinski definition) is 1. The predicted octanol–water partition coefficient (Wildman–Crippen LogP) is 2.51. The molecule has 5 nitrogen and oxygen atoms in total. The first-order valence-electron chi connectivity index (χ1n) is 7.89. The van der Waals surface area contributed by atoms with E-state index in [1.165, 1.54) is 0 Å². The summed E-state index contributed by atoms with van der Waals surface area (Å²) in [5.74, 6) is 0.0785. The summed E-state index contributed by atoms with van der Waals surface area (Å²) >= 11 is 0. The molecule has 0 bridgehead atoms. The number of carbonyl (C=O) groups is 1. The minimum absolute atomic E-state index is 0.0785. The van der Waals surface area contributed by atoms with Gasteiger partial charge >= 0.3 is 0 Å². The lowest BCUT2D eigenvalue weighted by Gasteiger charge is -2.08. The quantitative estimate of drug-likeness (QED) is 0.762. The normalized spacial score (nSPS) is 11.3. The molecular formula is C17H25N3O2. The van der Waals surface area contributed by atoms with Crippen molar-refractivity contribution in [3.63, 3.8) is 0 Å². The van der Waals surface area contributed by atoms with E-state index in [0.29, 0.717) is 26.0 Å². The number of ether oxygens (including phenoxy) is 1. The van der Waals surface area contributed by atoms with Crippen LogP contribution in [0.2, 0.25) is 0 Å². The molecule has 0 radical (unpaired) electrons. The minimum Gasteiger partial charge on any atom is -0.379 e. The smallest absolute Gasteiger partial charge is 0.220 e. The van der Waals surface area contributed by atoms with Crippen LogP contribution in [0.5, 0.6) is 0 Å². The van der Waals surface area contributed by atoms with Gasteiger partial charge in [0, 0.05) is 31.5 Å². The van der Waals surface area contributed by atoms with Gasteiger partial charge in [0.1, 0.15) is 5.65 Å². The van der Waals surface area contributed by atoms with Gasteiger partial charge in [0.2, 0.25) is 5.91 Å². The summed E-state index contributed by atoms with van der Waals surface area (Å²) in [5.41, 5.74) is 3.03. The highest BCUT2D eigenvalue weighted by molar-refractivity contribution is 5.76. The first kappa shape index (κ1) is 16.5. The van der Waals surface area contributed by atoms with Crippen molar-refractivity contribution in [2.75, 3.05) is 13.2 Å². The van der Waals surface area contributed by atoms with E-state index in [9.17, 15) is 4.79 Å². The highest BCUT2D eigenvalue weighted by Gasteiger charge is 2.10. The van der Waals surface area contributed by atoms with Gasteiger partial charge in [0.25, 0.3) is 0 Å². The van der Waals surface area contributed by atoms with E-state index in [-0.39, 0.29) is 12.0 Å². The molecule has 120 valence electrons. The van der Waals surface area contributed by atoms with Crippen LogP contribution in [-0.4, -0.2) is 34.5 Å². The largest absolute Gasteiger partial charge is 0.379 e. The second-order valence-electron chi connectivity index (χ2n) is 5.70. The Bertz CT molecular complexity index is 619. The highest BCUT2D eigenvalue weighted by atomic mass is 16.5. The van der Waals surface area contributed by atoms with Crippen molar-refractivity contribution in [1.29, 1.82) is 0 Å². The fraction of sp³-hybridized carbons (Fsp3) is 0.529. The number of aromatic nitrogens is 2. The minimum atomic E-state index is 0.0785. The number of rotatable bonds is 8. The van der Waals surface area contributed by atoms with Crippen LogP contribution >= 0.6 is 0 Å². The first-order valence-corrected chi connectivity index (χ1v) is 7.89. The van der Waals surface area contributed by atoms with Crippen LogP contribution in [0.15, 0.2) is 24.4 Å². The molecular weight excluding hydrogens is 278 g/mol. The van der Waals surface area contributed by atoms with Crippen molar-refractivity contribution in [3.05, 3.63) is 35.8 Å². The Balaban J connectivity index is 1.77. The zero-order valence-electron chi connectivity index (χ0n) is 13.6. The molecule has 2 aromatic rings. The summed E-state index contributed by atoms with van der Waals surface area (Å²) < 4.78 is 7.50. The molecule has 0 saturated carbocycles. The van der Waals surface area contributed by atoms with Gasteiger partial charge in [-0.05, 0) is 45.7 Å². The Hall–Kier alpha value is -1.88. The molecule has 0 aliphatic carbocycles. The predicted molar refractivity (Wildman–Crippen MR) is 87.0 cm³/mol. The fourth-order valence-electron chi connectivity index (χ4n) is 2.40. The van der Waals surface area contributed by atoms with Crippen molar-refractivity contribution in [3.8, 4) is 0 Å². The number of aryl methyl sites for hydroxylation is 2. The number of imidazole rings is 1. The molecule has 0 atom stereocenters. The van der Waals surface area contributed by atoms with Crippen LogP contribution < -0.4 is 5.32 Å². The maximum absolute atomic E-state index is 11.9. The third-order valence-electron chi connectivity index (χ3n) is 3.51. The van der Waals surface area contributed by atoms with E-state index >= 15 is 0 Å². The number of pyridine rings is 1. The van der Waals surface area contributed by atoms with Gasteiger partial charge in [-0.25, -0.2) is 4.98 Å². The SMILES string of the molecule is Cc1nc2ccccn2c1CCC(=O)NCCCOC(C)C. The van der Waals surface area contributed by atoms with Crippen LogP contribution in [0.4, 0.5) is 0 Å². The van der Waals surface area contributed by atoms with Crippen LogP contribution in [0.25, 0.3) is 5.65 Å². The van der Waals surface area contributed by atoms with E-state index < -0.39 is 0 Å². The second kappa shape index (κ2) is 7.94. The molecule has 0 unspecified atom stereocenters. The van der Waals surface area contributed by atoms with Crippen molar-refractivity contribution in [2.45, 2.75) is 46.1 Å². The lowest BCUT2D eigenvalue weighted by molar-refractivity contribution is -0.121. The van der Waals surface area contributed by atoms with Crippen LogP contribution in [0.1, 0.15) is 38.1 Å². The molecule has 22 heavy (non-hydrogen) atoms. The number of amides is 1. The Morgan fingerprint density at radius 3 is 3.00 bits per heavy atom. The summed E-state index contributed by atoms with van der Waals surface area (Å²) in [6.07, 6.45) is 4.26. The summed E-state index contributed by atoms with van der Waals surface area (Å²) in [6, 6.07) is 5.93. The summed E-state index contributed by atoms with van der Waals surface area (Å²) in [4.78, 5) is 16.4. The van der Waals surface area contributed by atoms with Gasteiger partial charge in [0.05, 0.1) is 11.8 Å². The van der Waals surface area contributed by atoms with Gasteiger partial charge in [0.15, 0.2) is 0 Å². The van der Waals surface area contributed by atoms with Crippen molar-refractivity contribution in [2.24, 2.45) is 0 Å². The summed E-state index contributed by atoms with van der Waals surface area (Å²) in [5, 5.41) is 2.94. The summed E-state index contributed by atoms with van der Waals surface area (Å²) in [6.45, 7) is 7.36. The van der Waals surface area contributed by atoms with Crippen LogP contribution in [-0.2, 0) is 16.0 Å². The average Bonchev–Trinajstić information content (AvgIpc) is 2.80. The molecule has 0 fully saturated rings. The first-order chi connectivity index (χ1) is 10.6. The van der Waals surface area contributed by atoms with Gasteiger partial charge in [-0.3, -0.25) is 4.79 Å². The molecule has 0 aliphatic rings. The number of hydrogen-bond acceptors (Lipinski definition) is 3. The van der Waals surface area contributed by atoms with E-state index in [0.717, 1.165) is 23.5 Å². The standard InChI is InChI=1S/C17H25N3O2/c1-13(2)22-12-6-10-18-17(21)9-8-15-14(3)19-16-7-4-5-11-20(15)16/h4-5,7,11,13H,6,8-10,12H2,1-3H3,(H,18,21). The maximum Gasteiger partial charge on any atom is 0.220 e. The number of carbonyl (C=O) groups excluding carboxylic acids is 1. The molecule has 0 spiro atoms. The Morgan fingerprint density at radius 1 is 1.41 bits per heavy atom. The Kier molecular flexibility index (Phi) is 5.95. The molecule has 2 aromatic heterocycles. The molecule has 0 aliphatic heterocycles. The van der Waals surface area contributed by atoms with Crippen LogP contribution in [0, 0.1) is 6.92 Å². The fourth-order valence-corrected chi connectivity index (χ4v) is 2.40. The van der Waals surface area contributed by atoms with E-state index in [2.05, 4.69) is 14.7 Å². The van der Waals surface area contributed by atoms with Crippen LogP contribution in [0.3, 0.4) is 0 Å². The molecule has 1 amide bonds. The summed E-state index contributed by atoms with van der Waals surface area (Å²) in [7, 11) is 0. The Morgan fingerprint density at radius 2 is 2.23 bits per heavy atom. The monoisotopic (exact) mass is 303 g/mol. The van der Waals surface area contributed by atoms with Crippen molar-refractivity contribution < 1.29 is 9.53 Å². The van der Waals surface area contributed by atoms with Crippen molar-refractivity contribution >= 4 is 11.6 Å². The highest BCUT2D eigenvalue weighted by Crippen LogP contribution is 2.13. The number of nitrogens with one attached hydrogen (secondary N) is 1.